The summed E-state index contributed by atoms with van der Waals surface area (Å²) in [6, 6.07) is 3.99. The van der Waals surface area contributed by atoms with Crippen molar-refractivity contribution in [2.24, 2.45) is 0 Å². The fraction of sp³-hybridized carbons (Fsp3) is 0.533. The lowest BCUT2D eigenvalue weighted by Gasteiger charge is -2.36. The molecule has 0 aromatic heterocycles. The number of methoxy groups -OCH3 is 3. The molecule has 0 bridgehead atoms. The van der Waals surface area contributed by atoms with E-state index < -0.39 is 0 Å². The zero-order valence-electron chi connectivity index (χ0n) is 12.4. The van der Waals surface area contributed by atoms with Crippen molar-refractivity contribution < 1.29 is 19.0 Å². The zero-order chi connectivity index (χ0) is 14.7. The van der Waals surface area contributed by atoms with Gasteiger partial charge in [-0.1, -0.05) is 6.92 Å². The van der Waals surface area contributed by atoms with Crippen LogP contribution in [-0.4, -0.2) is 38.9 Å². The number of carbonyl (C=O) groups excluding carboxylic acids is 1. The first-order chi connectivity index (χ1) is 9.65. The predicted octanol–water partition coefficient (Wildman–Crippen LogP) is 2.78. The average molecular weight is 279 g/mol. The van der Waals surface area contributed by atoms with Crippen molar-refractivity contribution in [2.45, 2.75) is 25.8 Å². The van der Waals surface area contributed by atoms with Crippen LogP contribution >= 0.6 is 0 Å². The lowest BCUT2D eigenvalue weighted by molar-refractivity contribution is 0.0994. The minimum absolute atomic E-state index is 0.0195. The SMILES string of the molecule is CCC1c2cc(OC)c(OC)cc2CCN1C(=O)OC. The summed E-state index contributed by atoms with van der Waals surface area (Å²) < 4.78 is 15.6. The van der Waals surface area contributed by atoms with Crippen molar-refractivity contribution in [2.75, 3.05) is 27.9 Å². The highest BCUT2D eigenvalue weighted by atomic mass is 16.5. The van der Waals surface area contributed by atoms with Gasteiger partial charge in [0.25, 0.3) is 0 Å². The van der Waals surface area contributed by atoms with Gasteiger partial charge in [-0.15, -0.1) is 0 Å². The first-order valence-corrected chi connectivity index (χ1v) is 6.75. The normalized spacial score (nSPS) is 17.4. The number of hydrogen-bond donors (Lipinski definition) is 0. The van der Waals surface area contributed by atoms with Gasteiger partial charge < -0.3 is 19.1 Å². The van der Waals surface area contributed by atoms with Gasteiger partial charge in [-0.3, -0.25) is 0 Å². The van der Waals surface area contributed by atoms with Crippen LogP contribution in [0.1, 0.15) is 30.5 Å². The van der Waals surface area contributed by atoms with Crippen LogP contribution < -0.4 is 9.47 Å². The minimum Gasteiger partial charge on any atom is -0.493 e. The molecule has 110 valence electrons. The van der Waals surface area contributed by atoms with Gasteiger partial charge in [-0.05, 0) is 36.1 Å². The van der Waals surface area contributed by atoms with Crippen LogP contribution in [0, 0.1) is 0 Å². The second kappa shape index (κ2) is 6.03. The molecule has 1 heterocycles. The third-order valence-electron chi connectivity index (χ3n) is 3.80. The molecule has 1 unspecified atom stereocenters. The Morgan fingerprint density at radius 1 is 1.25 bits per heavy atom. The summed E-state index contributed by atoms with van der Waals surface area (Å²) in [5.41, 5.74) is 2.32. The number of nitrogens with zero attached hydrogens (tertiary/aromatic N) is 1. The van der Waals surface area contributed by atoms with E-state index in [2.05, 4.69) is 6.92 Å². The molecule has 0 radical (unpaired) electrons. The molecule has 0 spiro atoms. The Kier molecular flexibility index (Phi) is 4.37. The summed E-state index contributed by atoms with van der Waals surface area (Å²) in [5.74, 6) is 1.42. The summed E-state index contributed by atoms with van der Waals surface area (Å²) >= 11 is 0. The maximum absolute atomic E-state index is 11.9. The smallest absolute Gasteiger partial charge is 0.410 e. The monoisotopic (exact) mass is 279 g/mol. The standard InChI is InChI=1S/C15H21NO4/c1-5-12-11-9-14(19-3)13(18-2)8-10(11)6-7-16(12)15(17)20-4/h8-9,12H,5-7H2,1-4H3. The molecule has 0 fully saturated rings. The molecule has 1 aliphatic rings. The Morgan fingerprint density at radius 2 is 1.90 bits per heavy atom. The molecule has 1 aromatic carbocycles. The number of rotatable bonds is 3. The van der Waals surface area contributed by atoms with Crippen LogP contribution in [0.5, 0.6) is 11.5 Å². The molecule has 5 nitrogen and oxygen atoms in total. The van der Waals surface area contributed by atoms with Crippen LogP contribution in [0.25, 0.3) is 0 Å². The molecule has 1 aliphatic heterocycles. The fourth-order valence-electron chi connectivity index (χ4n) is 2.80. The molecule has 1 aromatic rings. The largest absolute Gasteiger partial charge is 0.493 e. The van der Waals surface area contributed by atoms with Gasteiger partial charge in [-0.25, -0.2) is 4.79 Å². The molecular formula is C15H21NO4. The first-order valence-electron chi connectivity index (χ1n) is 6.75. The van der Waals surface area contributed by atoms with E-state index in [1.165, 1.54) is 12.7 Å². The van der Waals surface area contributed by atoms with E-state index in [0.29, 0.717) is 12.3 Å². The molecule has 5 heteroatoms. The quantitative estimate of drug-likeness (QED) is 0.853. The Morgan fingerprint density at radius 3 is 2.45 bits per heavy atom. The summed E-state index contributed by atoms with van der Waals surface area (Å²) in [6.07, 6.45) is 1.34. The number of amides is 1. The van der Waals surface area contributed by atoms with Crippen molar-refractivity contribution in [3.05, 3.63) is 23.3 Å². The number of hydrogen-bond acceptors (Lipinski definition) is 4. The Bertz CT molecular complexity index is 501. The number of fused-ring (bicyclic) bond motifs is 1. The van der Waals surface area contributed by atoms with E-state index in [1.54, 1.807) is 19.1 Å². The number of carbonyl (C=O) groups is 1. The van der Waals surface area contributed by atoms with Gasteiger partial charge in [0.2, 0.25) is 0 Å². The van der Waals surface area contributed by atoms with E-state index in [0.717, 1.165) is 24.2 Å². The van der Waals surface area contributed by atoms with Crippen LogP contribution in [0.15, 0.2) is 12.1 Å². The lowest BCUT2D eigenvalue weighted by atomic mass is 9.91. The molecule has 1 atom stereocenters. The second-order valence-corrected chi connectivity index (χ2v) is 4.74. The van der Waals surface area contributed by atoms with Gasteiger partial charge in [0, 0.05) is 6.54 Å². The minimum atomic E-state index is -0.280. The summed E-state index contributed by atoms with van der Waals surface area (Å²) in [5, 5.41) is 0. The molecule has 0 saturated carbocycles. The summed E-state index contributed by atoms with van der Waals surface area (Å²) in [6.45, 7) is 2.72. The van der Waals surface area contributed by atoms with Gasteiger partial charge >= 0.3 is 6.09 Å². The van der Waals surface area contributed by atoms with Gasteiger partial charge in [0.05, 0.1) is 27.4 Å². The first kappa shape index (κ1) is 14.5. The Hall–Kier alpha value is -1.91. The molecule has 2 rings (SSSR count). The fourth-order valence-corrected chi connectivity index (χ4v) is 2.80. The van der Waals surface area contributed by atoms with Gasteiger partial charge in [-0.2, -0.15) is 0 Å². The van der Waals surface area contributed by atoms with E-state index in [-0.39, 0.29) is 12.1 Å². The molecular weight excluding hydrogens is 258 g/mol. The number of benzene rings is 1. The maximum Gasteiger partial charge on any atom is 0.410 e. The molecule has 0 aliphatic carbocycles. The van der Waals surface area contributed by atoms with Crippen LogP contribution in [-0.2, 0) is 11.2 Å². The average Bonchev–Trinajstić information content (AvgIpc) is 2.51. The zero-order valence-corrected chi connectivity index (χ0v) is 12.4. The molecule has 1 amide bonds. The third-order valence-corrected chi connectivity index (χ3v) is 3.80. The van der Waals surface area contributed by atoms with Crippen LogP contribution in [0.3, 0.4) is 0 Å². The molecule has 0 N–H and O–H groups in total. The highest BCUT2D eigenvalue weighted by Crippen LogP contribution is 2.39. The van der Waals surface area contributed by atoms with E-state index in [4.69, 9.17) is 14.2 Å². The molecule has 20 heavy (non-hydrogen) atoms. The Labute approximate surface area is 119 Å². The van der Waals surface area contributed by atoms with Crippen molar-refractivity contribution in [3.63, 3.8) is 0 Å². The van der Waals surface area contributed by atoms with Crippen LogP contribution in [0.2, 0.25) is 0 Å². The Balaban J connectivity index is 2.45. The van der Waals surface area contributed by atoms with E-state index in [1.807, 2.05) is 12.1 Å². The van der Waals surface area contributed by atoms with Gasteiger partial charge in [0.1, 0.15) is 0 Å². The number of ether oxygens (including phenoxy) is 3. The predicted molar refractivity (Wildman–Crippen MR) is 75.4 cm³/mol. The van der Waals surface area contributed by atoms with Crippen molar-refractivity contribution in [1.29, 1.82) is 0 Å². The van der Waals surface area contributed by atoms with Crippen molar-refractivity contribution in [3.8, 4) is 11.5 Å². The highest BCUT2D eigenvalue weighted by Gasteiger charge is 2.31. The molecule has 0 saturated heterocycles. The van der Waals surface area contributed by atoms with Crippen molar-refractivity contribution in [1.82, 2.24) is 4.90 Å². The van der Waals surface area contributed by atoms with E-state index in [9.17, 15) is 4.79 Å². The topological polar surface area (TPSA) is 48.0 Å². The summed E-state index contributed by atoms with van der Waals surface area (Å²) in [7, 11) is 4.66. The maximum atomic E-state index is 11.9. The lowest BCUT2D eigenvalue weighted by Crippen LogP contribution is -2.39. The summed E-state index contributed by atoms with van der Waals surface area (Å²) in [4.78, 5) is 13.6. The second-order valence-electron chi connectivity index (χ2n) is 4.74. The highest BCUT2D eigenvalue weighted by molar-refractivity contribution is 5.69. The van der Waals surface area contributed by atoms with E-state index >= 15 is 0 Å². The van der Waals surface area contributed by atoms with Gasteiger partial charge in [0.15, 0.2) is 11.5 Å². The van der Waals surface area contributed by atoms with Crippen LogP contribution in [0.4, 0.5) is 4.79 Å². The third kappa shape index (κ3) is 2.40. The van der Waals surface area contributed by atoms with Crippen molar-refractivity contribution >= 4 is 6.09 Å².